The molecule has 3 aromatic rings. The zero-order valence-electron chi connectivity index (χ0n) is 18.7. The molecule has 180 valence electrons. The van der Waals surface area contributed by atoms with Crippen LogP contribution in [0.1, 0.15) is 34.5 Å². The Balaban J connectivity index is 1.52. The summed E-state index contributed by atoms with van der Waals surface area (Å²) in [7, 11) is 1.67. The lowest BCUT2D eigenvalue weighted by atomic mass is 10.0. The number of halogens is 3. The lowest BCUT2D eigenvalue weighted by Crippen LogP contribution is -2.52. The summed E-state index contributed by atoms with van der Waals surface area (Å²) >= 11 is 0. The number of alkyl halides is 3. The Bertz CT molecular complexity index is 1350. The van der Waals surface area contributed by atoms with E-state index in [0.29, 0.717) is 33.8 Å². The molecule has 5 rings (SSSR count). The van der Waals surface area contributed by atoms with Gasteiger partial charge in [-0.1, -0.05) is 36.4 Å². The van der Waals surface area contributed by atoms with Gasteiger partial charge in [0.25, 0.3) is 5.91 Å². The number of nitrogens with one attached hydrogen (secondary N) is 1. The second-order valence-corrected chi connectivity index (χ2v) is 8.72. The summed E-state index contributed by atoms with van der Waals surface area (Å²) in [6, 6.07) is 13.0. The lowest BCUT2D eigenvalue weighted by Gasteiger charge is -2.29. The predicted octanol–water partition coefficient (Wildman–Crippen LogP) is 3.62. The normalized spacial score (nSPS) is 18.1. The van der Waals surface area contributed by atoms with Gasteiger partial charge in [-0.3, -0.25) is 19.7 Å². The number of imide groups is 1. The molecular formula is C25H21F3N4O3. The third-order valence-electron chi connectivity index (χ3n) is 6.36. The highest BCUT2D eigenvalue weighted by atomic mass is 19.4. The van der Waals surface area contributed by atoms with Gasteiger partial charge in [-0.2, -0.15) is 13.2 Å². The Labute approximate surface area is 198 Å². The van der Waals surface area contributed by atoms with Crippen molar-refractivity contribution in [3.05, 3.63) is 65.4 Å². The van der Waals surface area contributed by atoms with Crippen molar-refractivity contribution in [1.82, 2.24) is 19.8 Å². The summed E-state index contributed by atoms with van der Waals surface area (Å²) in [5.41, 5.74) is 2.55. The van der Waals surface area contributed by atoms with Gasteiger partial charge in [0, 0.05) is 36.7 Å². The Kier molecular flexibility index (Phi) is 5.46. The van der Waals surface area contributed by atoms with E-state index in [1.807, 2.05) is 0 Å². The summed E-state index contributed by atoms with van der Waals surface area (Å²) in [5.74, 6) is -0.839. The summed E-state index contributed by atoms with van der Waals surface area (Å²) < 4.78 is 41.6. The first kappa shape index (κ1) is 22.8. The highest BCUT2D eigenvalue weighted by Crippen LogP contribution is 2.35. The molecule has 2 aromatic carbocycles. The van der Waals surface area contributed by atoms with Crippen molar-refractivity contribution in [2.75, 3.05) is 0 Å². The first-order chi connectivity index (χ1) is 16.6. The Morgan fingerprint density at radius 1 is 1.06 bits per heavy atom. The van der Waals surface area contributed by atoms with Gasteiger partial charge in [0.05, 0.1) is 17.8 Å². The van der Waals surface area contributed by atoms with Crippen LogP contribution in [-0.2, 0) is 29.6 Å². The number of piperidine rings is 1. The maximum atomic E-state index is 13.3. The van der Waals surface area contributed by atoms with E-state index >= 15 is 0 Å². The first-order valence-corrected chi connectivity index (χ1v) is 11.1. The van der Waals surface area contributed by atoms with Crippen molar-refractivity contribution in [2.45, 2.75) is 38.0 Å². The molecule has 1 N–H and O–H groups in total. The van der Waals surface area contributed by atoms with Crippen molar-refractivity contribution in [3.8, 4) is 22.6 Å². The summed E-state index contributed by atoms with van der Waals surface area (Å²) in [6.45, 7) is 0.166. The minimum absolute atomic E-state index is 0.0806. The molecule has 1 saturated heterocycles. The van der Waals surface area contributed by atoms with Gasteiger partial charge in [-0.25, -0.2) is 4.98 Å². The zero-order chi connectivity index (χ0) is 24.9. The molecule has 0 spiro atoms. The molecule has 0 radical (unpaired) electrons. The van der Waals surface area contributed by atoms with Gasteiger partial charge < -0.3 is 9.47 Å². The quantitative estimate of drug-likeness (QED) is 0.576. The lowest BCUT2D eigenvalue weighted by molar-refractivity contribution is -0.137. The molecule has 0 saturated carbocycles. The number of carbonyl (C=O) groups is 3. The molecule has 1 aromatic heterocycles. The van der Waals surface area contributed by atoms with Crippen LogP contribution in [0.3, 0.4) is 0 Å². The maximum Gasteiger partial charge on any atom is 0.394 e. The fourth-order valence-corrected chi connectivity index (χ4v) is 4.80. The number of benzene rings is 2. The number of nitrogens with zero attached hydrogens (tertiary/aromatic N) is 3. The van der Waals surface area contributed by atoms with E-state index in [0.717, 1.165) is 0 Å². The molecule has 0 bridgehead atoms. The van der Waals surface area contributed by atoms with Gasteiger partial charge in [-0.05, 0) is 24.1 Å². The van der Waals surface area contributed by atoms with Crippen molar-refractivity contribution in [2.24, 2.45) is 7.05 Å². The SMILES string of the molecule is Cn1c(-c2ccc3c(c2)CN(C2CCC(=O)NC2=O)C3=O)nc(CC(F)(F)F)c1-c1ccccc1. The summed E-state index contributed by atoms with van der Waals surface area (Å²) in [5, 5.41) is 2.26. The van der Waals surface area contributed by atoms with E-state index in [9.17, 15) is 27.6 Å². The van der Waals surface area contributed by atoms with Gasteiger partial charge in [0.2, 0.25) is 11.8 Å². The Morgan fingerprint density at radius 2 is 1.80 bits per heavy atom. The van der Waals surface area contributed by atoms with Crippen LogP contribution in [0.5, 0.6) is 0 Å². The van der Waals surface area contributed by atoms with Gasteiger partial charge in [0.1, 0.15) is 11.9 Å². The molecule has 1 fully saturated rings. The molecule has 0 aliphatic carbocycles. The molecular weight excluding hydrogens is 461 g/mol. The molecule has 2 aliphatic rings. The smallest absolute Gasteiger partial charge is 0.327 e. The fraction of sp³-hybridized carbons (Fsp3) is 0.280. The molecule has 1 unspecified atom stereocenters. The number of hydrogen-bond acceptors (Lipinski definition) is 4. The Morgan fingerprint density at radius 3 is 2.49 bits per heavy atom. The van der Waals surface area contributed by atoms with Crippen LogP contribution in [-0.4, -0.2) is 44.4 Å². The van der Waals surface area contributed by atoms with Crippen LogP contribution in [0.15, 0.2) is 48.5 Å². The molecule has 2 aliphatic heterocycles. The monoisotopic (exact) mass is 482 g/mol. The number of aromatic nitrogens is 2. The zero-order valence-corrected chi connectivity index (χ0v) is 18.7. The van der Waals surface area contributed by atoms with Gasteiger partial charge >= 0.3 is 6.18 Å². The third-order valence-corrected chi connectivity index (χ3v) is 6.36. The van der Waals surface area contributed by atoms with Crippen molar-refractivity contribution < 1.29 is 27.6 Å². The van der Waals surface area contributed by atoms with Crippen LogP contribution in [0, 0.1) is 0 Å². The minimum atomic E-state index is -4.43. The highest BCUT2D eigenvalue weighted by Gasteiger charge is 2.39. The second-order valence-electron chi connectivity index (χ2n) is 8.72. The fourth-order valence-electron chi connectivity index (χ4n) is 4.80. The van der Waals surface area contributed by atoms with E-state index in [-0.39, 0.29) is 36.9 Å². The van der Waals surface area contributed by atoms with Crippen LogP contribution in [0.4, 0.5) is 13.2 Å². The minimum Gasteiger partial charge on any atom is -0.327 e. The predicted molar refractivity (Wildman–Crippen MR) is 120 cm³/mol. The maximum absolute atomic E-state index is 13.3. The van der Waals surface area contributed by atoms with Crippen LogP contribution < -0.4 is 5.32 Å². The van der Waals surface area contributed by atoms with Gasteiger partial charge in [-0.15, -0.1) is 0 Å². The number of amides is 3. The van der Waals surface area contributed by atoms with Crippen LogP contribution in [0.2, 0.25) is 0 Å². The topological polar surface area (TPSA) is 84.3 Å². The molecule has 3 amide bonds. The van der Waals surface area contributed by atoms with Crippen LogP contribution in [0.25, 0.3) is 22.6 Å². The summed E-state index contributed by atoms with van der Waals surface area (Å²) in [6.07, 6.45) is -5.20. The average molecular weight is 482 g/mol. The van der Waals surface area contributed by atoms with Crippen molar-refractivity contribution >= 4 is 17.7 Å². The van der Waals surface area contributed by atoms with Gasteiger partial charge in [0.15, 0.2) is 0 Å². The largest absolute Gasteiger partial charge is 0.394 e. The number of carbonyl (C=O) groups excluding carboxylic acids is 3. The Hall–Kier alpha value is -3.95. The molecule has 3 heterocycles. The summed E-state index contributed by atoms with van der Waals surface area (Å²) in [4.78, 5) is 42.5. The van der Waals surface area contributed by atoms with Crippen LogP contribution >= 0.6 is 0 Å². The van der Waals surface area contributed by atoms with E-state index < -0.39 is 24.5 Å². The van der Waals surface area contributed by atoms with E-state index in [2.05, 4.69) is 10.3 Å². The number of hydrogen-bond donors (Lipinski definition) is 1. The number of rotatable bonds is 4. The molecule has 35 heavy (non-hydrogen) atoms. The first-order valence-electron chi connectivity index (χ1n) is 11.1. The van der Waals surface area contributed by atoms with Crippen molar-refractivity contribution in [3.63, 3.8) is 0 Å². The highest BCUT2D eigenvalue weighted by molar-refractivity contribution is 6.05. The molecule has 10 heteroatoms. The van der Waals surface area contributed by atoms with Crippen molar-refractivity contribution in [1.29, 1.82) is 0 Å². The molecule has 7 nitrogen and oxygen atoms in total. The molecule has 1 atom stereocenters. The van der Waals surface area contributed by atoms with E-state index in [4.69, 9.17) is 0 Å². The average Bonchev–Trinajstić information content (AvgIpc) is 3.29. The van der Waals surface area contributed by atoms with E-state index in [1.165, 1.54) is 4.90 Å². The standard InChI is InChI=1S/C25H21F3N4O3/c1-31-21(14-5-3-2-4-6-14)18(12-25(26,27)28)29-22(31)15-7-8-17-16(11-15)13-32(24(17)35)19-9-10-20(33)30-23(19)34/h2-8,11,19H,9-10,12-13H2,1H3,(H,30,33,34). The van der Waals surface area contributed by atoms with E-state index in [1.54, 1.807) is 60.1 Å². The number of imidazole rings is 1. The second kappa shape index (κ2) is 8.37. The number of fused-ring (bicyclic) bond motifs is 1. The third kappa shape index (κ3) is 4.20.